The Labute approximate surface area is 140 Å². The van der Waals surface area contributed by atoms with Gasteiger partial charge in [-0.15, -0.1) is 11.3 Å². The van der Waals surface area contributed by atoms with Crippen LogP contribution < -0.4 is 5.32 Å². The highest BCUT2D eigenvalue weighted by molar-refractivity contribution is 9.11. The average molecular weight is 391 g/mol. The molecule has 1 heterocycles. The summed E-state index contributed by atoms with van der Waals surface area (Å²) in [5.41, 5.74) is 0.602. The number of nitrogens with one attached hydrogen (secondary N) is 1. The molecule has 106 valence electrons. The van der Waals surface area contributed by atoms with Crippen molar-refractivity contribution in [2.75, 3.05) is 12.3 Å². The lowest BCUT2D eigenvalue weighted by molar-refractivity contribution is 0.0956. The summed E-state index contributed by atoms with van der Waals surface area (Å²) in [7, 11) is 0. The van der Waals surface area contributed by atoms with Gasteiger partial charge in [-0.1, -0.05) is 17.7 Å². The summed E-state index contributed by atoms with van der Waals surface area (Å²) in [4.78, 5) is 13.2. The second-order valence-corrected chi connectivity index (χ2v) is 8.11. The Morgan fingerprint density at radius 3 is 2.90 bits per heavy atom. The second kappa shape index (κ2) is 8.08. The summed E-state index contributed by atoms with van der Waals surface area (Å²) >= 11 is 12.9. The molecule has 0 saturated carbocycles. The summed E-state index contributed by atoms with van der Waals surface area (Å²) in [5.74, 6) is 1.79. The van der Waals surface area contributed by atoms with Crippen LogP contribution in [0.25, 0.3) is 0 Å². The van der Waals surface area contributed by atoms with Gasteiger partial charge in [-0.3, -0.25) is 4.79 Å². The van der Waals surface area contributed by atoms with Crippen molar-refractivity contribution < 1.29 is 4.79 Å². The first kappa shape index (κ1) is 15.9. The lowest BCUT2D eigenvalue weighted by Gasteiger charge is -2.05. The maximum absolute atomic E-state index is 11.9. The Balaban J connectivity index is 1.67. The maximum atomic E-state index is 11.9. The van der Waals surface area contributed by atoms with Crippen molar-refractivity contribution in [3.8, 4) is 0 Å². The topological polar surface area (TPSA) is 29.1 Å². The van der Waals surface area contributed by atoms with Crippen molar-refractivity contribution in [1.29, 1.82) is 0 Å². The first-order valence-corrected chi connectivity index (χ1v) is 9.15. The zero-order valence-corrected chi connectivity index (χ0v) is 14.5. The molecule has 0 aliphatic heterocycles. The molecule has 6 heteroatoms. The third-order valence-corrected chi connectivity index (χ3v) is 5.54. The Kier molecular flexibility index (Phi) is 6.42. The highest BCUT2D eigenvalue weighted by atomic mass is 79.9. The van der Waals surface area contributed by atoms with Gasteiger partial charge in [0, 0.05) is 33.5 Å². The van der Waals surface area contributed by atoms with E-state index in [0.717, 1.165) is 15.3 Å². The minimum Gasteiger partial charge on any atom is -0.351 e. The molecule has 2 nitrogen and oxygen atoms in total. The van der Waals surface area contributed by atoms with Gasteiger partial charge < -0.3 is 5.32 Å². The van der Waals surface area contributed by atoms with E-state index in [1.165, 1.54) is 4.88 Å². The van der Waals surface area contributed by atoms with Gasteiger partial charge in [0.1, 0.15) is 0 Å². The van der Waals surface area contributed by atoms with E-state index in [0.29, 0.717) is 17.1 Å². The number of halogens is 2. The van der Waals surface area contributed by atoms with Crippen LogP contribution in [0.1, 0.15) is 15.2 Å². The van der Waals surface area contributed by atoms with Gasteiger partial charge >= 0.3 is 0 Å². The predicted molar refractivity (Wildman–Crippen MR) is 92.0 cm³/mol. The van der Waals surface area contributed by atoms with Gasteiger partial charge in [0.25, 0.3) is 5.91 Å². The van der Waals surface area contributed by atoms with Crippen LogP contribution in [0.2, 0.25) is 5.02 Å². The molecule has 1 N–H and O–H groups in total. The maximum Gasteiger partial charge on any atom is 0.251 e. The number of carbonyl (C=O) groups excluding carboxylic acids is 1. The van der Waals surface area contributed by atoms with Gasteiger partial charge in [-0.25, -0.2) is 0 Å². The smallest absolute Gasteiger partial charge is 0.251 e. The van der Waals surface area contributed by atoms with Crippen LogP contribution in [0.4, 0.5) is 0 Å². The lowest BCUT2D eigenvalue weighted by atomic mass is 10.2. The van der Waals surface area contributed by atoms with Crippen molar-refractivity contribution >= 4 is 56.5 Å². The van der Waals surface area contributed by atoms with Crippen LogP contribution in [-0.4, -0.2) is 18.2 Å². The van der Waals surface area contributed by atoms with Gasteiger partial charge in [0.05, 0.1) is 3.79 Å². The molecule has 0 spiro atoms. The molecular weight excluding hydrogens is 378 g/mol. The van der Waals surface area contributed by atoms with E-state index in [-0.39, 0.29) is 5.91 Å². The first-order chi connectivity index (χ1) is 9.65. The molecule has 1 aromatic heterocycles. The number of amides is 1. The molecule has 0 bridgehead atoms. The predicted octanol–water partition coefficient (Wildman–Crippen LogP) is 4.83. The van der Waals surface area contributed by atoms with Crippen molar-refractivity contribution in [2.24, 2.45) is 0 Å². The monoisotopic (exact) mass is 389 g/mol. The van der Waals surface area contributed by atoms with E-state index in [9.17, 15) is 4.79 Å². The molecule has 0 aliphatic rings. The van der Waals surface area contributed by atoms with E-state index in [1.54, 1.807) is 35.6 Å². The lowest BCUT2D eigenvalue weighted by Crippen LogP contribution is -2.25. The summed E-state index contributed by atoms with van der Waals surface area (Å²) in [5, 5.41) is 3.47. The highest BCUT2D eigenvalue weighted by Crippen LogP contribution is 2.25. The third kappa shape index (κ3) is 5.13. The first-order valence-electron chi connectivity index (χ1n) is 6.01. The second-order valence-electron chi connectivity index (χ2n) is 4.02. The number of rotatable bonds is 6. The minimum absolute atomic E-state index is 0.0769. The molecule has 20 heavy (non-hydrogen) atoms. The summed E-state index contributed by atoms with van der Waals surface area (Å²) in [6.07, 6.45) is 0. The molecule has 0 saturated heterocycles. The summed E-state index contributed by atoms with van der Waals surface area (Å²) in [6.45, 7) is 0.655. The van der Waals surface area contributed by atoms with Crippen LogP contribution in [0, 0.1) is 0 Å². The van der Waals surface area contributed by atoms with Gasteiger partial charge in [0.15, 0.2) is 0 Å². The average Bonchev–Trinajstić information content (AvgIpc) is 2.84. The van der Waals surface area contributed by atoms with Crippen LogP contribution >= 0.6 is 50.6 Å². The van der Waals surface area contributed by atoms with Gasteiger partial charge in [-0.05, 0) is 46.3 Å². The molecule has 0 fully saturated rings. The fraction of sp³-hybridized carbons (Fsp3) is 0.214. The van der Waals surface area contributed by atoms with Crippen LogP contribution in [0.5, 0.6) is 0 Å². The Bertz CT molecular complexity index is 588. The number of thioether (sulfide) groups is 1. The largest absolute Gasteiger partial charge is 0.351 e. The van der Waals surface area contributed by atoms with Gasteiger partial charge in [-0.2, -0.15) is 11.8 Å². The van der Waals surface area contributed by atoms with Crippen molar-refractivity contribution in [1.82, 2.24) is 5.32 Å². The van der Waals surface area contributed by atoms with Crippen LogP contribution in [-0.2, 0) is 5.75 Å². The third-order valence-electron chi connectivity index (χ3n) is 2.49. The quantitative estimate of drug-likeness (QED) is 0.716. The number of benzene rings is 1. The SMILES string of the molecule is O=C(NCCSCc1ccc(Br)s1)c1cccc(Cl)c1. The van der Waals surface area contributed by atoms with Crippen molar-refractivity contribution in [3.05, 3.63) is 55.6 Å². The Morgan fingerprint density at radius 1 is 1.35 bits per heavy atom. The van der Waals surface area contributed by atoms with Crippen LogP contribution in [0.15, 0.2) is 40.2 Å². The zero-order chi connectivity index (χ0) is 14.4. The Morgan fingerprint density at radius 2 is 2.20 bits per heavy atom. The van der Waals surface area contributed by atoms with Gasteiger partial charge in [0.2, 0.25) is 0 Å². The molecule has 0 radical (unpaired) electrons. The molecule has 0 aliphatic carbocycles. The zero-order valence-electron chi connectivity index (χ0n) is 10.6. The van der Waals surface area contributed by atoms with E-state index in [4.69, 9.17) is 11.6 Å². The molecular formula is C14H13BrClNOS2. The summed E-state index contributed by atoms with van der Waals surface area (Å²) < 4.78 is 1.15. The van der Waals surface area contributed by atoms with E-state index >= 15 is 0 Å². The fourth-order valence-electron chi connectivity index (χ4n) is 1.57. The van der Waals surface area contributed by atoms with Crippen molar-refractivity contribution in [2.45, 2.75) is 5.75 Å². The molecule has 0 unspecified atom stereocenters. The molecule has 0 atom stereocenters. The molecule has 2 rings (SSSR count). The van der Waals surface area contributed by atoms with Crippen LogP contribution in [0.3, 0.4) is 0 Å². The highest BCUT2D eigenvalue weighted by Gasteiger charge is 2.05. The summed E-state index contributed by atoms with van der Waals surface area (Å²) in [6, 6.07) is 11.1. The van der Waals surface area contributed by atoms with E-state index in [1.807, 2.05) is 11.8 Å². The minimum atomic E-state index is -0.0769. The fourth-order valence-corrected chi connectivity index (χ4v) is 4.21. The van der Waals surface area contributed by atoms with E-state index in [2.05, 4.69) is 33.4 Å². The standard InChI is InChI=1S/C14H13BrClNOS2/c15-13-5-4-12(20-13)9-19-7-6-17-14(18)10-2-1-3-11(16)8-10/h1-5,8H,6-7,9H2,(H,17,18). The normalized spacial score (nSPS) is 10.5. The number of carbonyl (C=O) groups is 1. The molecule has 2 aromatic rings. The molecule has 1 aromatic carbocycles. The van der Waals surface area contributed by atoms with E-state index < -0.39 is 0 Å². The Hall–Kier alpha value is -0.490. The number of thiophene rings is 1. The number of hydrogen-bond acceptors (Lipinski definition) is 3. The molecule has 1 amide bonds. The number of hydrogen-bond donors (Lipinski definition) is 1. The van der Waals surface area contributed by atoms with Crippen molar-refractivity contribution in [3.63, 3.8) is 0 Å².